The Bertz CT molecular complexity index is 1610. The summed E-state index contributed by atoms with van der Waals surface area (Å²) in [5, 5.41) is 21.1. The fraction of sp³-hybridized carbons (Fsp3) is 0.0500. The molecule has 5 aromatic rings. The molecule has 11 heteroatoms. The fourth-order valence-corrected chi connectivity index (χ4v) is 4.43. The number of aromatic nitrogens is 6. The van der Waals surface area contributed by atoms with Gasteiger partial charge in [0.15, 0.2) is 11.3 Å². The predicted octanol–water partition coefficient (Wildman–Crippen LogP) is 2.75. The number of hydrogen-bond donors (Lipinski definition) is 1. The molecule has 0 aromatic carbocycles. The summed E-state index contributed by atoms with van der Waals surface area (Å²) in [6.07, 6.45) is 3.22. The number of hydrogen-bond acceptors (Lipinski definition) is 9. The second-order valence-corrected chi connectivity index (χ2v) is 8.29. The van der Waals surface area contributed by atoms with Crippen molar-refractivity contribution in [2.45, 2.75) is 6.42 Å². The van der Waals surface area contributed by atoms with E-state index in [0.717, 1.165) is 9.75 Å². The Morgan fingerprint density at radius 2 is 1.94 bits per heavy atom. The zero-order valence-electron chi connectivity index (χ0n) is 15.6. The highest BCUT2D eigenvalue weighted by atomic mass is 32.1. The second kappa shape index (κ2) is 7.67. The maximum Gasteiger partial charge on any atom is 0.287 e. The summed E-state index contributed by atoms with van der Waals surface area (Å²) in [7, 11) is 0. The minimum atomic E-state index is -0.506. The number of thiophene rings is 2. The van der Waals surface area contributed by atoms with Gasteiger partial charge in [-0.3, -0.25) is 9.59 Å². The van der Waals surface area contributed by atoms with Crippen LogP contribution in [-0.2, 0) is 6.42 Å². The Hall–Kier alpha value is -4.01. The first-order valence-corrected chi connectivity index (χ1v) is 10.8. The minimum Gasteiger partial charge on any atom is -0.309 e. The Morgan fingerprint density at radius 3 is 2.68 bits per heavy atom. The lowest BCUT2D eigenvalue weighted by atomic mass is 10.2. The van der Waals surface area contributed by atoms with Crippen molar-refractivity contribution < 1.29 is 0 Å². The molecule has 1 N–H and O–H groups in total. The molecule has 5 heterocycles. The van der Waals surface area contributed by atoms with Gasteiger partial charge in [0, 0.05) is 4.88 Å². The van der Waals surface area contributed by atoms with E-state index >= 15 is 0 Å². The van der Waals surface area contributed by atoms with Crippen LogP contribution >= 0.6 is 22.7 Å². The van der Waals surface area contributed by atoms with Gasteiger partial charge in [-0.25, -0.2) is 14.4 Å². The van der Waals surface area contributed by atoms with E-state index in [4.69, 9.17) is 5.26 Å². The average molecular weight is 445 g/mol. The molecule has 0 radical (unpaired) electrons. The third-order valence-electron chi connectivity index (χ3n) is 4.43. The van der Waals surface area contributed by atoms with Gasteiger partial charge in [-0.15, -0.1) is 32.9 Å². The number of fused-ring (bicyclic) bond motifs is 3. The number of nitriles is 1. The lowest BCUT2D eigenvalue weighted by molar-refractivity contribution is 0.892. The van der Waals surface area contributed by atoms with Crippen molar-refractivity contribution in [1.29, 1.82) is 5.26 Å². The largest absolute Gasteiger partial charge is 0.309 e. The van der Waals surface area contributed by atoms with E-state index in [9.17, 15) is 9.59 Å². The van der Waals surface area contributed by atoms with Crippen molar-refractivity contribution in [1.82, 2.24) is 29.5 Å². The van der Waals surface area contributed by atoms with Crippen molar-refractivity contribution in [2.24, 2.45) is 0 Å². The summed E-state index contributed by atoms with van der Waals surface area (Å²) in [6, 6.07) is 9.42. The van der Waals surface area contributed by atoms with Gasteiger partial charge in [0.1, 0.15) is 16.9 Å². The molecule has 5 aromatic heterocycles. The van der Waals surface area contributed by atoms with Crippen LogP contribution in [-0.4, -0.2) is 29.5 Å². The van der Waals surface area contributed by atoms with Crippen LogP contribution < -0.4 is 11.1 Å². The smallest absolute Gasteiger partial charge is 0.287 e. The number of rotatable bonds is 4. The molecule has 0 atom stereocenters. The highest BCUT2D eigenvalue weighted by Gasteiger charge is 2.19. The Labute approximate surface area is 181 Å². The third kappa shape index (κ3) is 3.33. The molecule has 5 rings (SSSR count). The highest BCUT2D eigenvalue weighted by Crippen LogP contribution is 2.27. The molecule has 0 unspecified atom stereocenters. The van der Waals surface area contributed by atoms with Crippen LogP contribution in [0, 0.1) is 11.3 Å². The van der Waals surface area contributed by atoms with Gasteiger partial charge in [0.25, 0.3) is 16.9 Å². The summed E-state index contributed by atoms with van der Waals surface area (Å²) in [5.74, 6) is 0.180. The molecular formula is C20H11N7O2S2. The fourth-order valence-electron chi connectivity index (χ4n) is 3.09. The van der Waals surface area contributed by atoms with E-state index in [-0.39, 0.29) is 34.8 Å². The van der Waals surface area contributed by atoms with Crippen LogP contribution in [0.1, 0.15) is 16.4 Å². The van der Waals surface area contributed by atoms with Gasteiger partial charge in [-0.1, -0.05) is 12.1 Å². The van der Waals surface area contributed by atoms with E-state index in [1.54, 1.807) is 12.2 Å². The van der Waals surface area contributed by atoms with Crippen molar-refractivity contribution >= 4 is 51.6 Å². The van der Waals surface area contributed by atoms with E-state index in [2.05, 4.69) is 25.1 Å². The molecule has 0 amide bonds. The number of H-pyrrole nitrogens is 1. The zero-order valence-corrected chi connectivity index (χ0v) is 17.3. The summed E-state index contributed by atoms with van der Waals surface area (Å²) in [4.78, 5) is 39.3. The Morgan fingerprint density at radius 1 is 1.10 bits per heavy atom. The Balaban J connectivity index is 1.86. The molecule has 0 saturated carbocycles. The van der Waals surface area contributed by atoms with Crippen LogP contribution in [0.25, 0.3) is 39.5 Å². The van der Waals surface area contributed by atoms with E-state index < -0.39 is 11.1 Å². The lowest BCUT2D eigenvalue weighted by Gasteiger charge is -2.09. The molecular weight excluding hydrogens is 434 g/mol. The summed E-state index contributed by atoms with van der Waals surface area (Å²) in [5.41, 5.74) is -0.450. The summed E-state index contributed by atoms with van der Waals surface area (Å²) < 4.78 is 1.17. The minimum absolute atomic E-state index is 0.0233. The SMILES string of the molecule is N#CCc1nc2c(c(-c3cccs3)nc3nnc(/C=C/c4cccs4)c(=O)n32)c(=O)[nH]1. The normalized spacial score (nSPS) is 11.5. The van der Waals surface area contributed by atoms with Crippen LogP contribution in [0.5, 0.6) is 0 Å². The van der Waals surface area contributed by atoms with Crippen molar-refractivity contribution in [2.75, 3.05) is 0 Å². The molecule has 9 nitrogen and oxygen atoms in total. The molecule has 31 heavy (non-hydrogen) atoms. The summed E-state index contributed by atoms with van der Waals surface area (Å²) >= 11 is 2.92. The average Bonchev–Trinajstić information content (AvgIpc) is 3.47. The number of nitrogens with zero attached hydrogens (tertiary/aromatic N) is 6. The van der Waals surface area contributed by atoms with Crippen molar-refractivity contribution in [3.05, 3.63) is 72.1 Å². The van der Waals surface area contributed by atoms with Gasteiger partial charge >= 0.3 is 0 Å². The molecule has 0 fully saturated rings. The molecule has 0 aliphatic rings. The lowest BCUT2D eigenvalue weighted by Crippen LogP contribution is -2.25. The van der Waals surface area contributed by atoms with E-state index in [0.29, 0.717) is 5.69 Å². The van der Waals surface area contributed by atoms with Crippen molar-refractivity contribution in [3.8, 4) is 16.6 Å². The van der Waals surface area contributed by atoms with Crippen LogP contribution in [0.4, 0.5) is 0 Å². The number of aromatic amines is 1. The maximum absolute atomic E-state index is 13.2. The molecule has 0 bridgehead atoms. The first-order chi connectivity index (χ1) is 15.2. The van der Waals surface area contributed by atoms with Gasteiger partial charge in [0.05, 0.1) is 17.4 Å². The van der Waals surface area contributed by atoms with Gasteiger partial charge in [-0.05, 0) is 35.0 Å². The molecule has 0 saturated heterocycles. The molecule has 0 spiro atoms. The summed E-state index contributed by atoms with van der Waals surface area (Å²) in [6.45, 7) is 0. The molecule has 0 aliphatic carbocycles. The molecule has 150 valence electrons. The Kier molecular flexibility index (Phi) is 4.70. The van der Waals surface area contributed by atoms with Gasteiger partial charge in [-0.2, -0.15) is 5.26 Å². The third-order valence-corrected chi connectivity index (χ3v) is 6.14. The van der Waals surface area contributed by atoms with E-state index in [1.807, 2.05) is 41.1 Å². The quantitative estimate of drug-likeness (QED) is 0.421. The van der Waals surface area contributed by atoms with E-state index in [1.165, 1.54) is 27.1 Å². The first-order valence-electron chi connectivity index (χ1n) is 9.00. The second-order valence-electron chi connectivity index (χ2n) is 6.36. The van der Waals surface area contributed by atoms with Gasteiger partial charge < -0.3 is 4.98 Å². The standard InChI is InChI=1S/C20H11N7O2S2/c21-8-7-14-22-17-15(18(28)23-14)16(13-4-2-10-31-13)24-20-26-25-12(19(29)27(17)20)6-5-11-3-1-9-30-11/h1-6,9-10H,7H2,(H,22,23,28)/b6-5+. The van der Waals surface area contributed by atoms with Crippen LogP contribution in [0.15, 0.2) is 44.6 Å². The zero-order chi connectivity index (χ0) is 21.4. The maximum atomic E-state index is 13.2. The predicted molar refractivity (Wildman–Crippen MR) is 119 cm³/mol. The topological polar surface area (TPSA) is 130 Å². The van der Waals surface area contributed by atoms with Crippen LogP contribution in [0.2, 0.25) is 0 Å². The monoisotopic (exact) mass is 445 g/mol. The van der Waals surface area contributed by atoms with Crippen LogP contribution in [0.3, 0.4) is 0 Å². The van der Waals surface area contributed by atoms with Gasteiger partial charge in [0.2, 0.25) is 0 Å². The molecule has 0 aliphatic heterocycles. The highest BCUT2D eigenvalue weighted by molar-refractivity contribution is 7.13. The number of nitrogens with one attached hydrogen (secondary N) is 1. The van der Waals surface area contributed by atoms with Crippen molar-refractivity contribution in [3.63, 3.8) is 0 Å². The first kappa shape index (κ1) is 19.0.